The topological polar surface area (TPSA) is 121 Å². The second-order valence-corrected chi connectivity index (χ2v) is 9.29. The number of hydrogen-bond acceptors (Lipinski definition) is 6. The first-order valence-corrected chi connectivity index (χ1v) is 13.1. The van der Waals surface area contributed by atoms with Crippen LogP contribution in [0.3, 0.4) is 0 Å². The van der Waals surface area contributed by atoms with Gasteiger partial charge in [-0.1, -0.05) is 54.6 Å². The second-order valence-electron chi connectivity index (χ2n) is 9.02. The van der Waals surface area contributed by atoms with Crippen molar-refractivity contribution in [2.24, 2.45) is 10.7 Å². The number of methoxy groups -OCH3 is 1. The van der Waals surface area contributed by atoms with Gasteiger partial charge in [0.1, 0.15) is 12.4 Å². The molecule has 5 rings (SSSR count). The van der Waals surface area contributed by atoms with Crippen LogP contribution in [0, 0.1) is 0 Å². The first-order valence-electron chi connectivity index (χ1n) is 12.6. The van der Waals surface area contributed by atoms with Crippen LogP contribution in [0.15, 0.2) is 83.9 Å². The summed E-state index contributed by atoms with van der Waals surface area (Å²) in [6.07, 6.45) is 2.00. The monoisotopic (exact) mass is 557 g/mol. The number of carbonyl (C=O) groups excluding carboxylic acids is 3. The molecule has 0 aliphatic carbocycles. The molecule has 0 bridgehead atoms. The minimum Gasteiger partial charge on any atom is -0.488 e. The van der Waals surface area contributed by atoms with Crippen molar-refractivity contribution in [1.82, 2.24) is 4.98 Å². The van der Waals surface area contributed by atoms with E-state index in [4.69, 9.17) is 22.1 Å². The van der Waals surface area contributed by atoms with Gasteiger partial charge in [0, 0.05) is 29.5 Å². The van der Waals surface area contributed by atoms with Crippen LogP contribution in [0.1, 0.15) is 51.5 Å². The molecule has 1 unspecified atom stereocenters. The van der Waals surface area contributed by atoms with E-state index < -0.39 is 11.8 Å². The summed E-state index contributed by atoms with van der Waals surface area (Å²) in [7, 11) is 1.32. The second kappa shape index (κ2) is 13.5. The molecule has 4 aromatic rings. The van der Waals surface area contributed by atoms with Gasteiger partial charge >= 0.3 is 5.97 Å². The van der Waals surface area contributed by atoms with Gasteiger partial charge in [0.25, 0.3) is 5.91 Å². The molecule has 9 heteroatoms. The van der Waals surface area contributed by atoms with Crippen LogP contribution in [-0.4, -0.2) is 36.1 Å². The Morgan fingerprint density at radius 3 is 2.42 bits per heavy atom. The number of aliphatic imine (C=N–C) groups is 1. The number of alkyl halides is 1. The molecule has 0 saturated carbocycles. The van der Waals surface area contributed by atoms with Crippen LogP contribution in [0.5, 0.6) is 5.75 Å². The Kier molecular flexibility index (Phi) is 9.59. The summed E-state index contributed by atoms with van der Waals surface area (Å²) in [5.41, 5.74) is 10.3. The minimum atomic E-state index is -0.585. The van der Waals surface area contributed by atoms with Gasteiger partial charge in [-0.05, 0) is 41.8 Å². The highest BCUT2D eigenvalue weighted by molar-refractivity contribution is 6.17. The maximum atomic E-state index is 11.6. The number of halogens is 1. The van der Waals surface area contributed by atoms with E-state index in [1.165, 1.54) is 7.11 Å². The summed E-state index contributed by atoms with van der Waals surface area (Å²) >= 11 is 5.75. The maximum Gasteiger partial charge on any atom is 0.305 e. The molecule has 1 aromatic heterocycles. The van der Waals surface area contributed by atoms with E-state index in [-0.39, 0.29) is 18.3 Å². The molecule has 3 aromatic carbocycles. The summed E-state index contributed by atoms with van der Waals surface area (Å²) in [5.74, 6) is -0.464. The molecule has 0 fully saturated rings. The Bertz CT molecular complexity index is 1550. The third-order valence-electron chi connectivity index (χ3n) is 6.36. The predicted molar refractivity (Wildman–Crippen MR) is 154 cm³/mol. The molecule has 40 heavy (non-hydrogen) atoms. The van der Waals surface area contributed by atoms with Crippen molar-refractivity contribution in [2.45, 2.75) is 31.2 Å². The Labute approximate surface area is 236 Å². The van der Waals surface area contributed by atoms with Crippen LogP contribution >= 0.6 is 11.6 Å². The minimum absolute atomic E-state index is 0.138. The number of aromatic nitrogens is 1. The van der Waals surface area contributed by atoms with E-state index in [1.807, 2.05) is 60.7 Å². The number of nitrogens with two attached hydrogens (primary N) is 1. The van der Waals surface area contributed by atoms with E-state index >= 15 is 0 Å². The lowest BCUT2D eigenvalue weighted by molar-refractivity contribution is -0.140. The largest absolute Gasteiger partial charge is 0.488 e. The third-order valence-corrected chi connectivity index (χ3v) is 6.67. The van der Waals surface area contributed by atoms with Crippen molar-refractivity contribution in [2.75, 3.05) is 7.11 Å². The average Bonchev–Trinajstić information content (AvgIpc) is 3.37. The average molecular weight is 558 g/mol. The number of amides is 2. The standard InChI is InChI=1S/C16H12ClNO2.C15H16N2O3/c17-8-11-4-6-12(7-5-11)10-20-15-3-1-2-13-14(15)9-18-16(13)19;1-20-14(18)9-7-11(15(16)19)13-8-6-10-4-2-3-5-12(10)17-13/h1-7,9H,8,10H2;2-6,8,11H,7,9H2,1H3,(H2,16,19). The Morgan fingerprint density at radius 1 is 0.950 bits per heavy atom. The van der Waals surface area contributed by atoms with Crippen molar-refractivity contribution < 1.29 is 23.9 Å². The molecule has 0 radical (unpaired) electrons. The van der Waals surface area contributed by atoms with E-state index in [2.05, 4.69) is 14.7 Å². The van der Waals surface area contributed by atoms with Gasteiger partial charge in [0.2, 0.25) is 5.91 Å². The number of pyridine rings is 1. The van der Waals surface area contributed by atoms with Gasteiger partial charge in [0.05, 0.1) is 29.8 Å². The number of primary amides is 1. The fourth-order valence-corrected chi connectivity index (χ4v) is 4.32. The number of carbonyl (C=O) groups is 3. The highest BCUT2D eigenvalue weighted by Gasteiger charge is 2.21. The van der Waals surface area contributed by atoms with Crippen LogP contribution in [0.2, 0.25) is 0 Å². The molecule has 0 saturated heterocycles. The number of para-hydroxylation sites is 1. The van der Waals surface area contributed by atoms with Crippen molar-refractivity contribution in [3.63, 3.8) is 0 Å². The molecule has 1 aliphatic heterocycles. The SMILES string of the molecule is COC(=O)CCC(C(N)=O)c1ccc2ccccc2n1.O=C1N=Cc2c(OCc3ccc(CCl)cc3)cccc21. The summed E-state index contributed by atoms with van der Waals surface area (Å²) < 4.78 is 10.4. The maximum absolute atomic E-state index is 11.6. The first-order chi connectivity index (χ1) is 19.4. The predicted octanol–water partition coefficient (Wildman–Crippen LogP) is 5.33. The van der Waals surface area contributed by atoms with Gasteiger partial charge in [0.15, 0.2) is 0 Å². The summed E-state index contributed by atoms with van der Waals surface area (Å²) in [5, 5.41) is 0.993. The van der Waals surface area contributed by atoms with Crippen LogP contribution < -0.4 is 10.5 Å². The summed E-state index contributed by atoms with van der Waals surface area (Å²) in [4.78, 5) is 42.5. The zero-order chi connectivity index (χ0) is 28.5. The lowest BCUT2D eigenvalue weighted by Crippen LogP contribution is -2.23. The van der Waals surface area contributed by atoms with Gasteiger partial charge in [-0.3, -0.25) is 19.4 Å². The molecular formula is C31H28ClN3O5. The quantitative estimate of drug-likeness (QED) is 0.219. The molecule has 2 N–H and O–H groups in total. The smallest absolute Gasteiger partial charge is 0.305 e. The van der Waals surface area contributed by atoms with Crippen molar-refractivity contribution in [1.29, 1.82) is 0 Å². The molecular weight excluding hydrogens is 530 g/mol. The lowest BCUT2D eigenvalue weighted by Gasteiger charge is -2.12. The number of fused-ring (bicyclic) bond motifs is 2. The number of hydrogen-bond donors (Lipinski definition) is 1. The van der Waals surface area contributed by atoms with E-state index in [9.17, 15) is 14.4 Å². The Hall–Kier alpha value is -4.56. The van der Waals surface area contributed by atoms with Crippen LogP contribution in [0.4, 0.5) is 0 Å². The van der Waals surface area contributed by atoms with Gasteiger partial charge in [-0.15, -0.1) is 11.6 Å². The molecule has 2 heterocycles. The molecule has 0 spiro atoms. The lowest BCUT2D eigenvalue weighted by atomic mass is 9.97. The highest BCUT2D eigenvalue weighted by Crippen LogP contribution is 2.26. The van der Waals surface area contributed by atoms with E-state index in [0.29, 0.717) is 35.9 Å². The summed E-state index contributed by atoms with van der Waals surface area (Å²) in [6, 6.07) is 24.6. The third kappa shape index (κ3) is 7.09. The first kappa shape index (κ1) is 28.4. The fraction of sp³-hybridized carbons (Fsp3) is 0.194. The highest BCUT2D eigenvalue weighted by atomic mass is 35.5. The summed E-state index contributed by atoms with van der Waals surface area (Å²) in [6.45, 7) is 0.445. The normalized spacial score (nSPS) is 12.3. The van der Waals surface area contributed by atoms with Crippen molar-refractivity contribution in [3.05, 3.63) is 107 Å². The van der Waals surface area contributed by atoms with E-state index in [1.54, 1.807) is 24.4 Å². The van der Waals surface area contributed by atoms with E-state index in [0.717, 1.165) is 27.6 Å². The molecule has 204 valence electrons. The molecule has 8 nitrogen and oxygen atoms in total. The van der Waals surface area contributed by atoms with Crippen molar-refractivity contribution >= 4 is 46.5 Å². The van der Waals surface area contributed by atoms with Crippen molar-refractivity contribution in [3.8, 4) is 5.75 Å². The number of esters is 1. The molecule has 1 aliphatic rings. The van der Waals surface area contributed by atoms with Crippen LogP contribution in [-0.2, 0) is 26.8 Å². The van der Waals surface area contributed by atoms with Crippen LogP contribution in [0.25, 0.3) is 10.9 Å². The number of benzene rings is 3. The number of ether oxygens (including phenoxy) is 2. The Balaban J connectivity index is 0.000000185. The zero-order valence-electron chi connectivity index (χ0n) is 21.9. The zero-order valence-corrected chi connectivity index (χ0v) is 22.6. The number of rotatable bonds is 9. The van der Waals surface area contributed by atoms with Gasteiger partial charge in [-0.25, -0.2) is 4.99 Å². The Morgan fingerprint density at radius 2 is 1.70 bits per heavy atom. The molecule has 2 amide bonds. The fourth-order valence-electron chi connectivity index (χ4n) is 4.14. The molecule has 1 atom stereocenters. The van der Waals surface area contributed by atoms with Gasteiger partial charge in [-0.2, -0.15) is 0 Å². The number of nitrogens with zero attached hydrogens (tertiary/aromatic N) is 2. The van der Waals surface area contributed by atoms with Gasteiger partial charge < -0.3 is 15.2 Å².